The van der Waals surface area contributed by atoms with E-state index in [1.165, 1.54) is 14.0 Å². The molecule has 0 saturated heterocycles. The SMILES string of the molecule is C[C@H](NC(=O)OCc1ccccc1)C(=O)N(C)CC(=O)O. The van der Waals surface area contributed by atoms with Gasteiger partial charge in [-0.05, 0) is 12.5 Å². The summed E-state index contributed by atoms with van der Waals surface area (Å²) >= 11 is 0. The Labute approximate surface area is 122 Å². The highest BCUT2D eigenvalue weighted by Crippen LogP contribution is 2.01. The summed E-state index contributed by atoms with van der Waals surface area (Å²) in [5.41, 5.74) is 0.828. The van der Waals surface area contributed by atoms with Crippen LogP contribution in [0.2, 0.25) is 0 Å². The van der Waals surface area contributed by atoms with Gasteiger partial charge in [0.15, 0.2) is 0 Å². The number of alkyl carbamates (subject to hydrolysis) is 1. The Hall–Kier alpha value is -2.57. The van der Waals surface area contributed by atoms with Gasteiger partial charge in [-0.15, -0.1) is 0 Å². The monoisotopic (exact) mass is 294 g/mol. The van der Waals surface area contributed by atoms with Crippen LogP contribution < -0.4 is 5.32 Å². The second kappa shape index (κ2) is 7.88. The van der Waals surface area contributed by atoms with Crippen LogP contribution in [0.1, 0.15) is 12.5 Å². The first-order valence-electron chi connectivity index (χ1n) is 6.34. The molecular weight excluding hydrogens is 276 g/mol. The molecule has 0 saturated carbocycles. The van der Waals surface area contributed by atoms with Crippen molar-refractivity contribution in [1.29, 1.82) is 0 Å². The minimum absolute atomic E-state index is 0.0958. The van der Waals surface area contributed by atoms with E-state index in [1.54, 1.807) is 0 Å². The van der Waals surface area contributed by atoms with Gasteiger partial charge in [0.2, 0.25) is 5.91 Å². The van der Waals surface area contributed by atoms with Gasteiger partial charge >= 0.3 is 12.1 Å². The van der Waals surface area contributed by atoms with Gasteiger partial charge in [-0.25, -0.2) is 4.79 Å². The van der Waals surface area contributed by atoms with Crippen LogP contribution >= 0.6 is 0 Å². The molecule has 0 unspecified atom stereocenters. The molecule has 0 aliphatic carbocycles. The van der Waals surface area contributed by atoms with Crippen molar-refractivity contribution in [2.24, 2.45) is 0 Å². The van der Waals surface area contributed by atoms with Gasteiger partial charge in [-0.2, -0.15) is 0 Å². The summed E-state index contributed by atoms with van der Waals surface area (Å²) in [5, 5.41) is 11.0. The van der Waals surface area contributed by atoms with Crippen molar-refractivity contribution in [3.8, 4) is 0 Å². The van der Waals surface area contributed by atoms with Crippen LogP contribution in [-0.2, 0) is 20.9 Å². The molecule has 1 aromatic rings. The minimum Gasteiger partial charge on any atom is -0.480 e. The van der Waals surface area contributed by atoms with E-state index < -0.39 is 30.6 Å². The van der Waals surface area contributed by atoms with Crippen LogP contribution in [0.15, 0.2) is 30.3 Å². The minimum atomic E-state index is -1.12. The van der Waals surface area contributed by atoms with Crippen LogP contribution in [0.5, 0.6) is 0 Å². The van der Waals surface area contributed by atoms with Gasteiger partial charge in [0, 0.05) is 7.05 Å². The molecule has 7 nitrogen and oxygen atoms in total. The van der Waals surface area contributed by atoms with E-state index in [4.69, 9.17) is 9.84 Å². The van der Waals surface area contributed by atoms with Crippen molar-refractivity contribution in [2.45, 2.75) is 19.6 Å². The topological polar surface area (TPSA) is 95.9 Å². The van der Waals surface area contributed by atoms with Crippen molar-refractivity contribution in [3.05, 3.63) is 35.9 Å². The Morgan fingerprint density at radius 1 is 1.29 bits per heavy atom. The van der Waals surface area contributed by atoms with Gasteiger partial charge in [-0.1, -0.05) is 30.3 Å². The van der Waals surface area contributed by atoms with Gasteiger partial charge < -0.3 is 20.1 Å². The average Bonchev–Trinajstić information content (AvgIpc) is 2.44. The van der Waals surface area contributed by atoms with Gasteiger partial charge in [0.1, 0.15) is 19.2 Å². The van der Waals surface area contributed by atoms with Crippen molar-refractivity contribution in [2.75, 3.05) is 13.6 Å². The molecule has 0 aliphatic rings. The van der Waals surface area contributed by atoms with E-state index in [0.717, 1.165) is 10.5 Å². The second-order valence-electron chi connectivity index (χ2n) is 4.52. The fourth-order valence-corrected chi connectivity index (χ4v) is 1.61. The molecule has 0 aliphatic heterocycles. The molecule has 0 spiro atoms. The van der Waals surface area contributed by atoms with E-state index in [1.807, 2.05) is 30.3 Å². The number of nitrogens with zero attached hydrogens (tertiary/aromatic N) is 1. The fraction of sp³-hybridized carbons (Fsp3) is 0.357. The number of hydrogen-bond acceptors (Lipinski definition) is 4. The molecule has 2 N–H and O–H groups in total. The number of carboxylic acids is 1. The number of nitrogens with one attached hydrogen (secondary N) is 1. The number of ether oxygens (including phenoxy) is 1. The number of carbonyl (C=O) groups is 3. The third kappa shape index (κ3) is 5.94. The molecule has 21 heavy (non-hydrogen) atoms. The number of amides is 2. The first-order valence-corrected chi connectivity index (χ1v) is 6.34. The van der Waals surface area contributed by atoms with E-state index in [9.17, 15) is 14.4 Å². The van der Waals surface area contributed by atoms with Crippen LogP contribution in [-0.4, -0.2) is 47.6 Å². The highest BCUT2D eigenvalue weighted by molar-refractivity contribution is 5.87. The maximum Gasteiger partial charge on any atom is 0.408 e. The summed E-state index contributed by atoms with van der Waals surface area (Å²) in [7, 11) is 1.35. The van der Waals surface area contributed by atoms with Gasteiger partial charge in [-0.3, -0.25) is 9.59 Å². The molecule has 0 bridgehead atoms. The predicted octanol–water partition coefficient (Wildman–Crippen LogP) is 0.844. The highest BCUT2D eigenvalue weighted by Gasteiger charge is 2.21. The predicted molar refractivity (Wildman–Crippen MR) is 74.5 cm³/mol. The number of hydrogen-bond donors (Lipinski definition) is 2. The molecular formula is C14H18N2O5. The standard InChI is InChI=1S/C14H18N2O5/c1-10(13(19)16(2)8-12(17)18)15-14(20)21-9-11-6-4-3-5-7-11/h3-7,10H,8-9H2,1-2H3,(H,15,20)(H,17,18)/t10-/m0/s1. The van der Waals surface area contributed by atoms with Crippen LogP contribution in [0.4, 0.5) is 4.79 Å². The van der Waals surface area contributed by atoms with E-state index in [2.05, 4.69) is 5.32 Å². The zero-order chi connectivity index (χ0) is 15.8. The lowest BCUT2D eigenvalue weighted by atomic mass is 10.2. The number of rotatable bonds is 6. The summed E-state index contributed by atoms with van der Waals surface area (Å²) in [6.07, 6.45) is -0.733. The summed E-state index contributed by atoms with van der Waals surface area (Å²) < 4.78 is 4.97. The van der Waals surface area contributed by atoms with Gasteiger partial charge in [0.25, 0.3) is 0 Å². The smallest absolute Gasteiger partial charge is 0.408 e. The van der Waals surface area contributed by atoms with Crippen LogP contribution in [0, 0.1) is 0 Å². The zero-order valence-corrected chi connectivity index (χ0v) is 11.9. The first-order chi connectivity index (χ1) is 9.90. The lowest BCUT2D eigenvalue weighted by Gasteiger charge is -2.20. The molecule has 1 atom stereocenters. The van der Waals surface area contributed by atoms with Crippen LogP contribution in [0.3, 0.4) is 0 Å². The van der Waals surface area contributed by atoms with Crippen LogP contribution in [0.25, 0.3) is 0 Å². The molecule has 1 aromatic carbocycles. The van der Waals surface area contributed by atoms with Crippen molar-refractivity contribution < 1.29 is 24.2 Å². The third-order valence-electron chi connectivity index (χ3n) is 2.67. The lowest BCUT2D eigenvalue weighted by molar-refractivity contribution is -0.144. The molecule has 1 rings (SSSR count). The second-order valence-corrected chi connectivity index (χ2v) is 4.52. The molecule has 0 heterocycles. The zero-order valence-electron chi connectivity index (χ0n) is 11.9. The molecule has 2 amide bonds. The molecule has 0 aromatic heterocycles. The lowest BCUT2D eigenvalue weighted by Crippen LogP contribution is -2.46. The molecule has 7 heteroatoms. The van der Waals surface area contributed by atoms with E-state index in [0.29, 0.717) is 0 Å². The van der Waals surface area contributed by atoms with E-state index >= 15 is 0 Å². The number of aliphatic carboxylic acids is 1. The largest absolute Gasteiger partial charge is 0.480 e. The Morgan fingerprint density at radius 2 is 1.90 bits per heavy atom. The molecule has 0 radical (unpaired) electrons. The Balaban J connectivity index is 2.39. The number of benzene rings is 1. The van der Waals surface area contributed by atoms with Gasteiger partial charge in [0.05, 0.1) is 0 Å². The number of carboxylic acid groups (broad SMARTS) is 1. The Kier molecular flexibility index (Phi) is 6.19. The number of carbonyl (C=O) groups excluding carboxylic acids is 2. The quantitative estimate of drug-likeness (QED) is 0.810. The third-order valence-corrected chi connectivity index (χ3v) is 2.67. The maximum atomic E-state index is 11.8. The number of likely N-dealkylation sites (N-methyl/N-ethyl adjacent to an activating group) is 1. The Bertz CT molecular complexity index is 503. The Morgan fingerprint density at radius 3 is 2.48 bits per heavy atom. The average molecular weight is 294 g/mol. The highest BCUT2D eigenvalue weighted by atomic mass is 16.5. The van der Waals surface area contributed by atoms with E-state index in [-0.39, 0.29) is 6.61 Å². The summed E-state index contributed by atoms with van der Waals surface area (Å²) in [6.45, 7) is 1.13. The van der Waals surface area contributed by atoms with Crippen molar-refractivity contribution >= 4 is 18.0 Å². The van der Waals surface area contributed by atoms with Crippen molar-refractivity contribution in [3.63, 3.8) is 0 Å². The maximum absolute atomic E-state index is 11.8. The normalized spacial score (nSPS) is 11.3. The fourth-order valence-electron chi connectivity index (χ4n) is 1.61. The summed E-state index contributed by atoms with van der Waals surface area (Å²) in [5.74, 6) is -1.63. The summed E-state index contributed by atoms with van der Waals surface area (Å²) in [6, 6.07) is 8.25. The molecule has 114 valence electrons. The summed E-state index contributed by atoms with van der Waals surface area (Å²) in [4.78, 5) is 34.9. The first kappa shape index (κ1) is 16.5. The van der Waals surface area contributed by atoms with Crippen molar-refractivity contribution in [1.82, 2.24) is 10.2 Å². The molecule has 0 fully saturated rings.